The summed E-state index contributed by atoms with van der Waals surface area (Å²) in [6.07, 6.45) is 13.1. The van der Waals surface area contributed by atoms with Crippen LogP contribution in [0, 0.1) is 5.92 Å². The van der Waals surface area contributed by atoms with Crippen LogP contribution in [0.3, 0.4) is 0 Å². The molecule has 0 N–H and O–H groups in total. The van der Waals surface area contributed by atoms with Gasteiger partial charge in [-0.25, -0.2) is 0 Å². The van der Waals surface area contributed by atoms with Gasteiger partial charge in [0.2, 0.25) is 0 Å². The van der Waals surface area contributed by atoms with Crippen LogP contribution < -0.4 is 0 Å². The van der Waals surface area contributed by atoms with Crippen molar-refractivity contribution in [1.29, 1.82) is 0 Å². The predicted molar refractivity (Wildman–Crippen MR) is 98.8 cm³/mol. The van der Waals surface area contributed by atoms with Crippen molar-refractivity contribution in [3.63, 3.8) is 0 Å². The SMILES string of the molecule is CC/C=C/[C@H]1CC[C@H](c2ccc(-c3ccc(Cl)cc3)nc2)CC1. The summed E-state index contributed by atoms with van der Waals surface area (Å²) < 4.78 is 0. The van der Waals surface area contributed by atoms with E-state index in [1.54, 1.807) is 0 Å². The molecule has 0 radical (unpaired) electrons. The van der Waals surface area contributed by atoms with E-state index >= 15 is 0 Å². The first-order chi connectivity index (χ1) is 11.3. The maximum Gasteiger partial charge on any atom is 0.0702 e. The van der Waals surface area contributed by atoms with Crippen LogP contribution in [0.2, 0.25) is 5.02 Å². The van der Waals surface area contributed by atoms with E-state index in [-0.39, 0.29) is 0 Å². The molecule has 0 amide bonds. The molecule has 1 fully saturated rings. The van der Waals surface area contributed by atoms with Crippen LogP contribution in [0.25, 0.3) is 11.3 Å². The molecule has 0 atom stereocenters. The van der Waals surface area contributed by atoms with Crippen LogP contribution in [0.15, 0.2) is 54.7 Å². The Balaban J connectivity index is 1.64. The third-order valence-corrected chi connectivity index (χ3v) is 5.07. The second-order valence-corrected chi connectivity index (χ2v) is 6.87. The monoisotopic (exact) mass is 325 g/mol. The Bertz CT molecular complexity index is 635. The standard InChI is InChI=1S/C21H24ClN/c1-2-3-4-16-5-7-17(8-6-16)19-11-14-21(23-15-19)18-9-12-20(22)13-10-18/h3-4,9-17H,2,5-8H2,1H3/b4-3+/t16-,17-. The summed E-state index contributed by atoms with van der Waals surface area (Å²) in [5.41, 5.74) is 3.53. The minimum Gasteiger partial charge on any atom is -0.256 e. The third kappa shape index (κ3) is 4.23. The maximum absolute atomic E-state index is 5.94. The molecule has 3 rings (SSSR count). The van der Waals surface area contributed by atoms with E-state index in [4.69, 9.17) is 11.6 Å². The van der Waals surface area contributed by atoms with E-state index in [0.29, 0.717) is 5.92 Å². The first kappa shape index (κ1) is 16.3. The number of nitrogens with zero attached hydrogens (tertiary/aromatic N) is 1. The van der Waals surface area contributed by atoms with Gasteiger partial charge < -0.3 is 0 Å². The number of allylic oxidation sites excluding steroid dienone is 2. The van der Waals surface area contributed by atoms with Crippen molar-refractivity contribution < 1.29 is 0 Å². The fourth-order valence-electron chi connectivity index (χ4n) is 3.41. The quantitative estimate of drug-likeness (QED) is 0.574. The highest BCUT2D eigenvalue weighted by Gasteiger charge is 2.21. The van der Waals surface area contributed by atoms with Gasteiger partial charge in [0.05, 0.1) is 5.69 Å². The molecule has 0 aliphatic heterocycles. The fourth-order valence-corrected chi connectivity index (χ4v) is 3.54. The number of halogens is 1. The molecule has 0 unspecified atom stereocenters. The summed E-state index contributed by atoms with van der Waals surface area (Å²) in [6.45, 7) is 2.20. The van der Waals surface area contributed by atoms with Crippen LogP contribution in [-0.4, -0.2) is 4.98 Å². The molecular formula is C21H24ClN. The number of rotatable bonds is 4. The van der Waals surface area contributed by atoms with Gasteiger partial charge in [0.15, 0.2) is 0 Å². The van der Waals surface area contributed by atoms with Crippen LogP contribution in [0.1, 0.15) is 50.5 Å². The second kappa shape index (κ2) is 7.79. The molecular weight excluding hydrogens is 302 g/mol. The number of pyridine rings is 1. The van der Waals surface area contributed by atoms with Crippen molar-refractivity contribution in [2.75, 3.05) is 0 Å². The minimum atomic E-state index is 0.674. The van der Waals surface area contributed by atoms with E-state index in [9.17, 15) is 0 Å². The molecule has 0 spiro atoms. The Kier molecular flexibility index (Phi) is 5.51. The molecule has 2 heteroatoms. The molecule has 1 aliphatic carbocycles. The summed E-state index contributed by atoms with van der Waals surface area (Å²) in [7, 11) is 0. The average molecular weight is 326 g/mol. The summed E-state index contributed by atoms with van der Waals surface area (Å²) in [6, 6.07) is 12.3. The van der Waals surface area contributed by atoms with Gasteiger partial charge in [0, 0.05) is 16.8 Å². The highest BCUT2D eigenvalue weighted by atomic mass is 35.5. The number of benzene rings is 1. The highest BCUT2D eigenvalue weighted by molar-refractivity contribution is 6.30. The first-order valence-electron chi connectivity index (χ1n) is 8.65. The van der Waals surface area contributed by atoms with Gasteiger partial charge in [-0.05, 0) is 67.7 Å². The fraction of sp³-hybridized carbons (Fsp3) is 0.381. The van der Waals surface area contributed by atoms with Gasteiger partial charge in [0.25, 0.3) is 0 Å². The zero-order chi connectivity index (χ0) is 16.1. The van der Waals surface area contributed by atoms with Gasteiger partial charge in [-0.3, -0.25) is 4.98 Å². The van der Waals surface area contributed by atoms with Crippen LogP contribution in [0.5, 0.6) is 0 Å². The Hall–Kier alpha value is -1.60. The van der Waals surface area contributed by atoms with Gasteiger partial charge in [-0.15, -0.1) is 0 Å². The molecule has 1 aliphatic rings. The highest BCUT2D eigenvalue weighted by Crippen LogP contribution is 2.36. The number of aromatic nitrogens is 1. The molecule has 1 aromatic carbocycles. The normalized spacial score (nSPS) is 21.7. The van der Waals surface area contributed by atoms with E-state index < -0.39 is 0 Å². The lowest BCUT2D eigenvalue weighted by atomic mass is 9.79. The van der Waals surface area contributed by atoms with Gasteiger partial charge >= 0.3 is 0 Å². The maximum atomic E-state index is 5.94. The largest absolute Gasteiger partial charge is 0.256 e. The van der Waals surface area contributed by atoms with E-state index in [1.807, 2.05) is 24.3 Å². The van der Waals surface area contributed by atoms with Gasteiger partial charge in [-0.2, -0.15) is 0 Å². The van der Waals surface area contributed by atoms with Crippen LogP contribution in [0.4, 0.5) is 0 Å². The zero-order valence-corrected chi connectivity index (χ0v) is 14.5. The van der Waals surface area contributed by atoms with Gasteiger partial charge in [0.1, 0.15) is 0 Å². The Morgan fingerprint density at radius 2 is 1.78 bits per heavy atom. The molecule has 0 bridgehead atoms. The van der Waals surface area contributed by atoms with Crippen molar-refractivity contribution in [3.05, 3.63) is 65.3 Å². The summed E-state index contributed by atoms with van der Waals surface area (Å²) >= 11 is 5.94. The lowest BCUT2D eigenvalue weighted by molar-refractivity contribution is 0.375. The second-order valence-electron chi connectivity index (χ2n) is 6.43. The van der Waals surface area contributed by atoms with Crippen molar-refractivity contribution in [2.24, 2.45) is 5.92 Å². The zero-order valence-electron chi connectivity index (χ0n) is 13.7. The third-order valence-electron chi connectivity index (χ3n) is 4.81. The van der Waals surface area contributed by atoms with Crippen molar-refractivity contribution in [3.8, 4) is 11.3 Å². The molecule has 1 aromatic heterocycles. The Morgan fingerprint density at radius 1 is 1.04 bits per heavy atom. The number of hydrogen-bond acceptors (Lipinski definition) is 1. The van der Waals surface area contributed by atoms with Crippen LogP contribution >= 0.6 is 11.6 Å². The van der Waals surface area contributed by atoms with Crippen molar-refractivity contribution in [2.45, 2.75) is 44.9 Å². The Labute approximate surface area is 144 Å². The van der Waals surface area contributed by atoms with Crippen LogP contribution in [-0.2, 0) is 0 Å². The van der Waals surface area contributed by atoms with E-state index in [0.717, 1.165) is 28.6 Å². The minimum absolute atomic E-state index is 0.674. The average Bonchev–Trinajstić information content (AvgIpc) is 2.61. The molecule has 1 heterocycles. The molecule has 1 nitrogen and oxygen atoms in total. The first-order valence-corrected chi connectivity index (χ1v) is 9.02. The molecule has 120 valence electrons. The lowest BCUT2D eigenvalue weighted by Crippen LogP contribution is -2.12. The van der Waals surface area contributed by atoms with E-state index in [1.165, 1.54) is 31.2 Å². The smallest absolute Gasteiger partial charge is 0.0702 e. The summed E-state index contributed by atoms with van der Waals surface area (Å²) in [5, 5.41) is 0.763. The molecule has 2 aromatic rings. The predicted octanol–water partition coefficient (Wildman–Crippen LogP) is 6.64. The molecule has 23 heavy (non-hydrogen) atoms. The molecule has 1 saturated carbocycles. The van der Waals surface area contributed by atoms with Gasteiger partial charge in [-0.1, -0.05) is 48.9 Å². The number of hydrogen-bond donors (Lipinski definition) is 0. The Morgan fingerprint density at radius 3 is 2.39 bits per heavy atom. The molecule has 0 saturated heterocycles. The van der Waals surface area contributed by atoms with E-state index in [2.05, 4.69) is 42.4 Å². The van der Waals surface area contributed by atoms with Crippen molar-refractivity contribution in [1.82, 2.24) is 4.98 Å². The topological polar surface area (TPSA) is 12.9 Å². The van der Waals surface area contributed by atoms with Crippen molar-refractivity contribution >= 4 is 11.6 Å². The summed E-state index contributed by atoms with van der Waals surface area (Å²) in [4.78, 5) is 4.67. The lowest BCUT2D eigenvalue weighted by Gasteiger charge is -2.27. The summed E-state index contributed by atoms with van der Waals surface area (Å²) in [5.74, 6) is 1.46.